The summed E-state index contributed by atoms with van der Waals surface area (Å²) in [5.74, 6) is -0.297. The number of rotatable bonds is 7. The zero-order valence-corrected chi connectivity index (χ0v) is 16.1. The van der Waals surface area contributed by atoms with E-state index in [0.29, 0.717) is 17.0 Å². The fourth-order valence-corrected chi connectivity index (χ4v) is 2.10. The normalized spacial score (nSPS) is 16.7. The van der Waals surface area contributed by atoms with Crippen molar-refractivity contribution in [1.82, 2.24) is 0 Å². The predicted molar refractivity (Wildman–Crippen MR) is 101 cm³/mol. The molecular weight excluding hydrogens is 420 g/mol. The number of oxime groups is 2. The van der Waals surface area contributed by atoms with Gasteiger partial charge >= 0.3 is 6.36 Å². The first-order valence-electron chi connectivity index (χ1n) is 7.85. The molecule has 150 valence electrons. The topological polar surface area (TPSA) is 52.4 Å². The van der Waals surface area contributed by atoms with Crippen molar-refractivity contribution in [2.75, 3.05) is 6.61 Å². The molecule has 0 radical (unpaired) electrons. The molecule has 28 heavy (non-hydrogen) atoms. The second kappa shape index (κ2) is 10.2. The van der Waals surface area contributed by atoms with Gasteiger partial charge in [0.15, 0.2) is 0 Å². The van der Waals surface area contributed by atoms with Gasteiger partial charge in [-0.05, 0) is 54.5 Å². The van der Waals surface area contributed by atoms with Crippen molar-refractivity contribution in [3.8, 4) is 5.75 Å². The van der Waals surface area contributed by atoms with E-state index in [4.69, 9.17) is 32.9 Å². The molecule has 1 aromatic carbocycles. The lowest BCUT2D eigenvalue weighted by molar-refractivity contribution is -0.274. The van der Waals surface area contributed by atoms with Gasteiger partial charge in [-0.3, -0.25) is 0 Å². The summed E-state index contributed by atoms with van der Waals surface area (Å²) in [6, 6.07) is 5.34. The zero-order valence-electron chi connectivity index (χ0n) is 14.5. The van der Waals surface area contributed by atoms with Crippen LogP contribution in [0.5, 0.6) is 5.75 Å². The maximum absolute atomic E-state index is 12.1. The summed E-state index contributed by atoms with van der Waals surface area (Å²) in [6.45, 7) is 2.06. The van der Waals surface area contributed by atoms with Gasteiger partial charge in [0.1, 0.15) is 34.9 Å². The van der Waals surface area contributed by atoms with Crippen molar-refractivity contribution in [3.05, 3.63) is 64.2 Å². The molecule has 10 heteroatoms. The average Bonchev–Trinajstić information content (AvgIpc) is 2.60. The van der Waals surface area contributed by atoms with Gasteiger partial charge in [-0.25, -0.2) is 0 Å². The lowest BCUT2D eigenvalue weighted by atomic mass is 10.0. The van der Waals surface area contributed by atoms with Crippen molar-refractivity contribution in [2.24, 2.45) is 10.3 Å². The van der Waals surface area contributed by atoms with Crippen LogP contribution in [0.1, 0.15) is 12.5 Å². The summed E-state index contributed by atoms with van der Waals surface area (Å²) in [7, 11) is 0. The van der Waals surface area contributed by atoms with Gasteiger partial charge < -0.3 is 14.4 Å². The summed E-state index contributed by atoms with van der Waals surface area (Å²) in [5.41, 5.74) is 2.61. The second-order valence-electron chi connectivity index (χ2n) is 5.41. The fraction of sp³-hybridized carbons (Fsp3) is 0.222. The molecule has 0 aliphatic heterocycles. The van der Waals surface area contributed by atoms with Crippen LogP contribution in [-0.2, 0) is 16.3 Å². The SMILES string of the molecule is CC1=CC(=N/OCc2ccc(OC(F)(F)F)cc2)/C=CC/1=N\OCC=C(Cl)Cl. The van der Waals surface area contributed by atoms with Gasteiger partial charge in [-0.15, -0.1) is 13.2 Å². The van der Waals surface area contributed by atoms with Crippen LogP contribution in [0.4, 0.5) is 13.2 Å². The van der Waals surface area contributed by atoms with Crippen LogP contribution < -0.4 is 4.74 Å². The van der Waals surface area contributed by atoms with Crippen LogP contribution in [0.25, 0.3) is 0 Å². The Labute approximate surface area is 169 Å². The third-order valence-corrected chi connectivity index (χ3v) is 3.52. The first kappa shape index (κ1) is 21.8. The van der Waals surface area contributed by atoms with Crippen LogP contribution in [0.2, 0.25) is 0 Å². The van der Waals surface area contributed by atoms with Gasteiger partial charge in [0.05, 0.1) is 0 Å². The number of alkyl halides is 3. The lowest BCUT2D eigenvalue weighted by Gasteiger charge is -2.09. The molecule has 1 aromatic rings. The Morgan fingerprint density at radius 3 is 2.39 bits per heavy atom. The molecule has 0 fully saturated rings. The van der Waals surface area contributed by atoms with E-state index in [-0.39, 0.29) is 23.5 Å². The van der Waals surface area contributed by atoms with Gasteiger partial charge in [0.25, 0.3) is 0 Å². The molecular formula is C18H15Cl2F3N2O3. The number of benzene rings is 1. The molecule has 0 amide bonds. The maximum Gasteiger partial charge on any atom is 0.573 e. The smallest absolute Gasteiger partial charge is 0.406 e. The van der Waals surface area contributed by atoms with Crippen LogP contribution in [-0.4, -0.2) is 24.4 Å². The number of ether oxygens (including phenoxy) is 1. The standard InChI is InChI=1S/C18H15Cl2F3N2O3/c1-12-10-14(4-7-16(12)25-26-9-8-17(19)20)24-27-11-13-2-5-15(6-3-13)28-18(21,22)23/h2-8,10H,9,11H2,1H3/b24-14+,25-16+. The number of nitrogens with zero attached hydrogens (tertiary/aromatic N) is 2. The van der Waals surface area contributed by atoms with E-state index in [1.165, 1.54) is 30.3 Å². The largest absolute Gasteiger partial charge is 0.573 e. The third-order valence-electron chi connectivity index (χ3n) is 3.21. The quantitative estimate of drug-likeness (QED) is 0.315. The molecule has 0 bridgehead atoms. The summed E-state index contributed by atoms with van der Waals surface area (Å²) < 4.78 is 40.3. The molecule has 1 aliphatic rings. The van der Waals surface area contributed by atoms with Crippen molar-refractivity contribution in [1.29, 1.82) is 0 Å². The Kier molecular flexibility index (Phi) is 7.95. The molecule has 1 aliphatic carbocycles. The number of hydrogen-bond donors (Lipinski definition) is 0. The van der Waals surface area contributed by atoms with Crippen molar-refractivity contribution < 1.29 is 27.6 Å². The highest BCUT2D eigenvalue weighted by Gasteiger charge is 2.30. The van der Waals surface area contributed by atoms with Crippen LogP contribution >= 0.6 is 23.2 Å². The predicted octanol–water partition coefficient (Wildman–Crippen LogP) is 5.67. The van der Waals surface area contributed by atoms with E-state index in [1.54, 1.807) is 18.2 Å². The number of halogens is 5. The Bertz CT molecular complexity index is 825. The van der Waals surface area contributed by atoms with E-state index in [0.717, 1.165) is 5.57 Å². The lowest BCUT2D eigenvalue weighted by Crippen LogP contribution is -2.17. The first-order valence-corrected chi connectivity index (χ1v) is 8.61. The van der Waals surface area contributed by atoms with Crippen molar-refractivity contribution in [2.45, 2.75) is 19.9 Å². The van der Waals surface area contributed by atoms with Crippen molar-refractivity contribution in [3.63, 3.8) is 0 Å². The van der Waals surface area contributed by atoms with Gasteiger partial charge in [0, 0.05) is 0 Å². The minimum Gasteiger partial charge on any atom is -0.406 e. The van der Waals surface area contributed by atoms with Gasteiger partial charge in [-0.1, -0.05) is 45.6 Å². The Balaban J connectivity index is 1.86. The van der Waals surface area contributed by atoms with E-state index in [9.17, 15) is 13.2 Å². The molecule has 0 spiro atoms. The monoisotopic (exact) mass is 434 g/mol. The highest BCUT2D eigenvalue weighted by Crippen LogP contribution is 2.23. The Morgan fingerprint density at radius 1 is 1.07 bits per heavy atom. The molecule has 0 unspecified atom stereocenters. The number of allylic oxidation sites excluding steroid dienone is 4. The fourth-order valence-electron chi connectivity index (χ4n) is 1.97. The molecule has 5 nitrogen and oxygen atoms in total. The van der Waals surface area contributed by atoms with E-state index in [2.05, 4.69) is 15.0 Å². The van der Waals surface area contributed by atoms with Gasteiger partial charge in [-0.2, -0.15) is 0 Å². The van der Waals surface area contributed by atoms with Crippen molar-refractivity contribution >= 4 is 34.6 Å². The van der Waals surface area contributed by atoms with Crippen LogP contribution in [0.3, 0.4) is 0 Å². The van der Waals surface area contributed by atoms with Gasteiger partial charge in [0.2, 0.25) is 0 Å². The second-order valence-corrected chi connectivity index (χ2v) is 6.42. The summed E-state index contributed by atoms with van der Waals surface area (Å²) in [4.78, 5) is 10.3. The minimum atomic E-state index is -4.72. The third kappa shape index (κ3) is 8.06. The molecule has 0 aromatic heterocycles. The van der Waals surface area contributed by atoms with E-state index in [1.807, 2.05) is 6.92 Å². The van der Waals surface area contributed by atoms with Crippen LogP contribution in [0, 0.1) is 0 Å². The Morgan fingerprint density at radius 2 is 1.79 bits per heavy atom. The molecule has 0 N–H and O–H groups in total. The molecule has 0 saturated carbocycles. The summed E-state index contributed by atoms with van der Waals surface area (Å²) in [6.07, 6.45) is 1.86. The zero-order chi connectivity index (χ0) is 20.6. The maximum atomic E-state index is 12.1. The van der Waals surface area contributed by atoms with E-state index >= 15 is 0 Å². The molecule has 0 saturated heterocycles. The molecule has 0 heterocycles. The van der Waals surface area contributed by atoms with Crippen LogP contribution in [0.15, 0.2) is 68.9 Å². The summed E-state index contributed by atoms with van der Waals surface area (Å²) >= 11 is 10.9. The highest BCUT2D eigenvalue weighted by atomic mass is 35.5. The minimum absolute atomic E-state index is 0.0894. The molecule has 2 rings (SSSR count). The average molecular weight is 435 g/mol. The van der Waals surface area contributed by atoms with E-state index < -0.39 is 6.36 Å². The number of hydrogen-bond acceptors (Lipinski definition) is 5. The first-order chi connectivity index (χ1) is 13.2. The summed E-state index contributed by atoms with van der Waals surface area (Å²) in [5, 5.41) is 7.91. The molecule has 0 atom stereocenters. The Hall–Kier alpha value is -2.45. The highest BCUT2D eigenvalue weighted by molar-refractivity contribution is 6.55.